The van der Waals surface area contributed by atoms with E-state index in [9.17, 15) is 0 Å². The van der Waals surface area contributed by atoms with E-state index in [0.29, 0.717) is 11.4 Å². The minimum absolute atomic E-state index is 0.449. The summed E-state index contributed by atoms with van der Waals surface area (Å²) in [6.45, 7) is 0. The van der Waals surface area contributed by atoms with Gasteiger partial charge in [0.25, 0.3) is 0 Å². The fraction of sp³-hybridized carbons (Fsp3) is 0.167. The maximum absolute atomic E-state index is 9.02. The van der Waals surface area contributed by atoms with Crippen LogP contribution in [-0.2, 0) is 12.8 Å². The lowest BCUT2D eigenvalue weighted by Gasteiger charge is -2.17. The van der Waals surface area contributed by atoms with E-state index in [1.807, 2.05) is 6.07 Å². The van der Waals surface area contributed by atoms with Crippen LogP contribution in [0.1, 0.15) is 16.0 Å². The summed E-state index contributed by atoms with van der Waals surface area (Å²) in [5.74, 6) is 5.84. The number of nitrogens with zero attached hydrogens (tertiary/aromatic N) is 2. The maximum Gasteiger partial charge on any atom is 0.158 e. The largest absolute Gasteiger partial charge is 0.307 e. The average molecular weight is 242 g/mol. The molecule has 0 aromatic carbocycles. The molecule has 0 saturated carbocycles. The van der Waals surface area contributed by atoms with Crippen molar-refractivity contribution in [3.63, 3.8) is 0 Å². The highest BCUT2D eigenvalue weighted by molar-refractivity contribution is 7.10. The molecule has 1 aliphatic rings. The van der Waals surface area contributed by atoms with E-state index in [0.717, 1.165) is 24.1 Å². The summed E-state index contributed by atoms with van der Waals surface area (Å²) < 4.78 is 0. The molecule has 0 saturated heterocycles. The molecule has 4 nitrogen and oxygen atoms in total. The number of fused-ring (bicyclic) bond motifs is 3. The Hall–Kier alpha value is -1.90. The molecule has 84 valence electrons. The van der Waals surface area contributed by atoms with Crippen molar-refractivity contribution >= 4 is 17.2 Å². The van der Waals surface area contributed by atoms with Crippen LogP contribution >= 0.6 is 11.3 Å². The van der Waals surface area contributed by atoms with E-state index >= 15 is 0 Å². The number of aryl methyl sites for hydroxylation is 2. The summed E-state index contributed by atoms with van der Waals surface area (Å²) in [5, 5.41) is 11.1. The SMILES string of the molecule is N#Cc1cc2c(nc1NN)-c1ccsc1CC2. The van der Waals surface area contributed by atoms with Gasteiger partial charge in [0.1, 0.15) is 6.07 Å². The van der Waals surface area contributed by atoms with Crippen LogP contribution in [0.3, 0.4) is 0 Å². The maximum atomic E-state index is 9.02. The van der Waals surface area contributed by atoms with Gasteiger partial charge in [-0.2, -0.15) is 5.26 Å². The number of hydrogen-bond donors (Lipinski definition) is 2. The number of thiophene rings is 1. The van der Waals surface area contributed by atoms with Gasteiger partial charge in [-0.05, 0) is 35.9 Å². The first-order valence-corrected chi connectivity index (χ1v) is 6.19. The lowest BCUT2D eigenvalue weighted by atomic mass is 9.94. The summed E-state index contributed by atoms with van der Waals surface area (Å²) in [4.78, 5) is 5.82. The molecule has 1 aliphatic carbocycles. The quantitative estimate of drug-likeness (QED) is 0.593. The standard InChI is InChI=1S/C12H10N4S/c13-6-8-5-7-1-2-10-9(3-4-17-10)11(7)15-12(8)16-14/h3-5H,1-2,14H2,(H,15,16). The fourth-order valence-electron chi connectivity index (χ4n) is 2.17. The predicted molar refractivity (Wildman–Crippen MR) is 67.5 cm³/mol. The van der Waals surface area contributed by atoms with Gasteiger partial charge < -0.3 is 5.43 Å². The minimum atomic E-state index is 0.449. The molecular weight excluding hydrogens is 232 g/mol. The van der Waals surface area contributed by atoms with E-state index < -0.39 is 0 Å². The Labute approximate surface area is 103 Å². The molecular formula is C12H10N4S. The van der Waals surface area contributed by atoms with Crippen molar-refractivity contribution in [1.29, 1.82) is 5.26 Å². The number of anilines is 1. The third-order valence-corrected chi connectivity index (χ3v) is 3.96. The normalized spacial score (nSPS) is 12.5. The van der Waals surface area contributed by atoms with Gasteiger partial charge in [0, 0.05) is 10.4 Å². The Bertz CT molecular complexity index is 624. The number of pyridine rings is 1. The van der Waals surface area contributed by atoms with Gasteiger partial charge in [0.15, 0.2) is 5.82 Å². The molecule has 0 spiro atoms. The van der Waals surface area contributed by atoms with E-state index in [1.54, 1.807) is 11.3 Å². The van der Waals surface area contributed by atoms with Crippen LogP contribution in [0.5, 0.6) is 0 Å². The number of hydrogen-bond acceptors (Lipinski definition) is 5. The minimum Gasteiger partial charge on any atom is -0.307 e. The molecule has 0 atom stereocenters. The van der Waals surface area contributed by atoms with Crippen molar-refractivity contribution in [3.05, 3.63) is 33.5 Å². The van der Waals surface area contributed by atoms with Gasteiger partial charge in [-0.15, -0.1) is 11.3 Å². The van der Waals surface area contributed by atoms with Gasteiger partial charge >= 0.3 is 0 Å². The second-order valence-corrected chi connectivity index (χ2v) is 4.91. The van der Waals surface area contributed by atoms with Gasteiger partial charge in [0.2, 0.25) is 0 Å². The number of hydrazine groups is 1. The van der Waals surface area contributed by atoms with Gasteiger partial charge in [-0.1, -0.05) is 0 Å². The van der Waals surface area contributed by atoms with Crippen LogP contribution in [0.4, 0.5) is 5.82 Å². The third-order valence-electron chi connectivity index (χ3n) is 2.98. The lowest BCUT2D eigenvalue weighted by Crippen LogP contribution is -2.13. The van der Waals surface area contributed by atoms with Crippen molar-refractivity contribution in [2.75, 3.05) is 5.43 Å². The van der Waals surface area contributed by atoms with Crippen LogP contribution in [0.25, 0.3) is 11.3 Å². The molecule has 5 heteroatoms. The smallest absolute Gasteiger partial charge is 0.158 e. The van der Waals surface area contributed by atoms with Crippen LogP contribution < -0.4 is 11.3 Å². The third kappa shape index (κ3) is 1.50. The Morgan fingerprint density at radius 3 is 3.12 bits per heavy atom. The number of nitrogens with two attached hydrogens (primary N) is 1. The summed E-state index contributed by atoms with van der Waals surface area (Å²) in [5.41, 5.74) is 6.26. The molecule has 0 fully saturated rings. The molecule has 0 aliphatic heterocycles. The first kappa shape index (κ1) is 10.3. The highest BCUT2D eigenvalue weighted by Gasteiger charge is 2.20. The van der Waals surface area contributed by atoms with Gasteiger partial charge in [-0.25, -0.2) is 10.8 Å². The van der Waals surface area contributed by atoms with E-state index in [2.05, 4.69) is 27.9 Å². The average Bonchev–Trinajstić information content (AvgIpc) is 2.85. The van der Waals surface area contributed by atoms with Crippen LogP contribution in [0.15, 0.2) is 17.5 Å². The van der Waals surface area contributed by atoms with E-state index in [4.69, 9.17) is 11.1 Å². The molecule has 0 radical (unpaired) electrons. The molecule has 2 aromatic heterocycles. The Morgan fingerprint density at radius 2 is 2.35 bits per heavy atom. The number of nitrogen functional groups attached to an aromatic ring is 1. The molecule has 3 rings (SSSR count). The second kappa shape index (κ2) is 3.84. The van der Waals surface area contributed by atoms with Crippen LogP contribution in [-0.4, -0.2) is 4.98 Å². The molecule has 3 N–H and O–H groups in total. The number of nitriles is 1. The number of aromatic nitrogens is 1. The van der Waals surface area contributed by atoms with Crippen molar-refractivity contribution < 1.29 is 0 Å². The molecule has 0 bridgehead atoms. The summed E-state index contributed by atoms with van der Waals surface area (Å²) in [6.07, 6.45) is 1.97. The van der Waals surface area contributed by atoms with Crippen LogP contribution in [0.2, 0.25) is 0 Å². The molecule has 0 unspecified atom stereocenters. The van der Waals surface area contributed by atoms with Crippen molar-refractivity contribution in [2.45, 2.75) is 12.8 Å². The zero-order chi connectivity index (χ0) is 11.8. The Kier molecular flexibility index (Phi) is 2.32. The summed E-state index contributed by atoms with van der Waals surface area (Å²) in [6, 6.07) is 6.08. The molecule has 2 aromatic rings. The summed E-state index contributed by atoms with van der Waals surface area (Å²) in [7, 11) is 0. The van der Waals surface area contributed by atoms with E-state index in [-0.39, 0.29) is 0 Å². The molecule has 17 heavy (non-hydrogen) atoms. The zero-order valence-electron chi connectivity index (χ0n) is 9.03. The van der Waals surface area contributed by atoms with E-state index in [1.165, 1.54) is 10.4 Å². The van der Waals surface area contributed by atoms with Gasteiger partial charge in [0.05, 0.1) is 11.3 Å². The lowest BCUT2D eigenvalue weighted by molar-refractivity contribution is 0.946. The topological polar surface area (TPSA) is 74.7 Å². The zero-order valence-corrected chi connectivity index (χ0v) is 9.84. The second-order valence-electron chi connectivity index (χ2n) is 3.91. The number of rotatable bonds is 1. The van der Waals surface area contributed by atoms with Crippen molar-refractivity contribution in [2.24, 2.45) is 5.84 Å². The van der Waals surface area contributed by atoms with Crippen molar-refractivity contribution in [1.82, 2.24) is 4.98 Å². The monoisotopic (exact) mass is 242 g/mol. The molecule has 0 amide bonds. The first-order valence-electron chi connectivity index (χ1n) is 5.31. The Balaban J connectivity index is 2.25. The summed E-state index contributed by atoms with van der Waals surface area (Å²) >= 11 is 1.76. The first-order chi connectivity index (χ1) is 8.33. The van der Waals surface area contributed by atoms with Crippen LogP contribution in [0, 0.1) is 11.3 Å². The highest BCUT2D eigenvalue weighted by Crippen LogP contribution is 2.36. The van der Waals surface area contributed by atoms with Crippen molar-refractivity contribution in [3.8, 4) is 17.3 Å². The molecule has 2 heterocycles. The predicted octanol–water partition coefficient (Wildman–Crippen LogP) is 2.07. The Morgan fingerprint density at radius 1 is 1.47 bits per heavy atom. The fourth-order valence-corrected chi connectivity index (χ4v) is 3.05. The number of nitrogens with one attached hydrogen (secondary N) is 1. The van der Waals surface area contributed by atoms with Gasteiger partial charge in [-0.3, -0.25) is 0 Å². The highest BCUT2D eigenvalue weighted by atomic mass is 32.1.